The van der Waals surface area contributed by atoms with Crippen LogP contribution in [0.15, 0.2) is 53.7 Å². The average Bonchev–Trinajstić information content (AvgIpc) is 3.03. The van der Waals surface area contributed by atoms with Gasteiger partial charge in [0.1, 0.15) is 12.4 Å². The van der Waals surface area contributed by atoms with Gasteiger partial charge in [0.2, 0.25) is 5.91 Å². The molecule has 4 rings (SSSR count). The normalized spacial score (nSPS) is 19.2. The van der Waals surface area contributed by atoms with E-state index in [4.69, 9.17) is 9.47 Å². The largest absolute Gasteiger partial charge is 0.504 e. The van der Waals surface area contributed by atoms with E-state index in [-0.39, 0.29) is 30.4 Å². The molecule has 0 bridgehead atoms. The molecule has 1 amide bonds. The number of phenols is 1. The zero-order valence-electron chi connectivity index (χ0n) is 14.4. The molecule has 2 aromatic carbocycles. The number of benzene rings is 2. The van der Waals surface area contributed by atoms with Crippen LogP contribution in [0.5, 0.6) is 11.5 Å². The second kappa shape index (κ2) is 6.42. The fourth-order valence-electron chi connectivity index (χ4n) is 3.56. The van der Waals surface area contributed by atoms with E-state index in [2.05, 4.69) is 0 Å². The first-order chi connectivity index (χ1) is 13.0. The minimum Gasteiger partial charge on any atom is -0.504 e. The van der Waals surface area contributed by atoms with Gasteiger partial charge in [-0.3, -0.25) is 9.69 Å². The molecule has 7 heteroatoms. The number of nitrogens with zero attached hydrogens (tertiary/aromatic N) is 1. The molecule has 2 aliphatic rings. The lowest BCUT2D eigenvalue weighted by Gasteiger charge is -2.32. The van der Waals surface area contributed by atoms with Crippen molar-refractivity contribution in [3.8, 4) is 11.5 Å². The van der Waals surface area contributed by atoms with E-state index < -0.39 is 17.7 Å². The number of cyclic esters (lactones) is 1. The molecule has 0 unspecified atom stereocenters. The van der Waals surface area contributed by atoms with Gasteiger partial charge in [-0.05, 0) is 35.9 Å². The summed E-state index contributed by atoms with van der Waals surface area (Å²) in [4.78, 5) is 26.6. The molecule has 27 heavy (non-hydrogen) atoms. The number of carbonyl (C=O) groups excluding carboxylic acids is 2. The van der Waals surface area contributed by atoms with E-state index in [0.717, 1.165) is 0 Å². The van der Waals surface area contributed by atoms with Crippen LogP contribution in [0.3, 0.4) is 0 Å². The predicted octanol–water partition coefficient (Wildman–Crippen LogP) is 2.87. The van der Waals surface area contributed by atoms with Gasteiger partial charge in [-0.2, -0.15) is 0 Å². The van der Waals surface area contributed by atoms with Crippen LogP contribution in [0.4, 0.5) is 10.1 Å². The first kappa shape index (κ1) is 17.1. The summed E-state index contributed by atoms with van der Waals surface area (Å²) in [6, 6.07) is 10.3. The number of ether oxygens (including phenoxy) is 2. The highest BCUT2D eigenvalue weighted by Crippen LogP contribution is 2.43. The molecule has 0 saturated heterocycles. The van der Waals surface area contributed by atoms with Crippen molar-refractivity contribution < 1.29 is 28.6 Å². The van der Waals surface area contributed by atoms with E-state index in [1.54, 1.807) is 18.2 Å². The Morgan fingerprint density at radius 1 is 1.22 bits per heavy atom. The molecule has 6 nitrogen and oxygen atoms in total. The Hall–Kier alpha value is -3.35. The van der Waals surface area contributed by atoms with E-state index in [1.165, 1.54) is 36.3 Å². The zero-order chi connectivity index (χ0) is 19.1. The number of halogens is 1. The van der Waals surface area contributed by atoms with Crippen molar-refractivity contribution in [3.05, 3.63) is 65.1 Å². The quantitative estimate of drug-likeness (QED) is 0.842. The Bertz CT molecular complexity index is 984. The fourth-order valence-corrected chi connectivity index (χ4v) is 3.56. The number of rotatable bonds is 3. The Morgan fingerprint density at radius 3 is 2.78 bits per heavy atom. The number of amides is 1. The lowest BCUT2D eigenvalue weighted by Crippen LogP contribution is -2.37. The number of methoxy groups -OCH3 is 1. The maximum absolute atomic E-state index is 13.6. The highest BCUT2D eigenvalue weighted by Gasteiger charge is 2.43. The molecule has 2 aliphatic heterocycles. The van der Waals surface area contributed by atoms with Gasteiger partial charge >= 0.3 is 5.97 Å². The van der Waals surface area contributed by atoms with E-state index in [1.807, 2.05) is 0 Å². The number of aromatic hydroxyl groups is 1. The first-order valence-corrected chi connectivity index (χ1v) is 8.35. The predicted molar refractivity (Wildman–Crippen MR) is 93.9 cm³/mol. The van der Waals surface area contributed by atoms with E-state index in [0.29, 0.717) is 22.5 Å². The summed E-state index contributed by atoms with van der Waals surface area (Å²) in [6.45, 7) is -0.0534. The summed E-state index contributed by atoms with van der Waals surface area (Å²) < 4.78 is 23.9. The number of phenolic OH excluding ortho intramolecular Hbond substituents is 1. The van der Waals surface area contributed by atoms with Crippen molar-refractivity contribution in [2.24, 2.45) is 0 Å². The highest BCUT2D eigenvalue weighted by molar-refractivity contribution is 6.06. The Morgan fingerprint density at radius 2 is 2.04 bits per heavy atom. The van der Waals surface area contributed by atoms with Gasteiger partial charge < -0.3 is 14.6 Å². The minimum atomic E-state index is -0.526. The molecular weight excluding hydrogens is 353 g/mol. The molecule has 2 aromatic rings. The van der Waals surface area contributed by atoms with Crippen LogP contribution in [0.25, 0.3) is 0 Å². The van der Waals surface area contributed by atoms with E-state index in [9.17, 15) is 19.1 Å². The Labute approximate surface area is 154 Å². The van der Waals surface area contributed by atoms with Gasteiger partial charge in [0.15, 0.2) is 11.5 Å². The number of hydrogen-bond acceptors (Lipinski definition) is 5. The third-order valence-corrected chi connectivity index (χ3v) is 4.79. The van der Waals surface area contributed by atoms with Crippen molar-refractivity contribution in [2.45, 2.75) is 12.3 Å². The minimum absolute atomic E-state index is 0.0123. The van der Waals surface area contributed by atoms with Gasteiger partial charge in [0.25, 0.3) is 0 Å². The third kappa shape index (κ3) is 2.81. The number of hydrogen-bond donors (Lipinski definition) is 1. The zero-order valence-corrected chi connectivity index (χ0v) is 14.4. The van der Waals surface area contributed by atoms with E-state index >= 15 is 0 Å². The molecule has 0 radical (unpaired) electrons. The van der Waals surface area contributed by atoms with Crippen molar-refractivity contribution in [3.63, 3.8) is 0 Å². The maximum atomic E-state index is 13.6. The van der Waals surface area contributed by atoms with Gasteiger partial charge in [0, 0.05) is 12.3 Å². The molecular formula is C20H16FNO5. The summed E-state index contributed by atoms with van der Waals surface area (Å²) in [6.07, 6.45) is 0.0123. The molecule has 1 N–H and O–H groups in total. The SMILES string of the molecule is COc1cc([C@H]2CC(=O)N(c3cccc(F)c3)C3=C2C(=O)OC3)ccc1O. The standard InChI is InChI=1S/C20H16FNO5/c1-26-17-7-11(5-6-16(17)23)14-9-18(24)22(13-4-2-3-12(21)8-13)15-10-27-20(25)19(14)15/h2-8,14,23H,9-10H2,1H3/t14-/m1/s1. The second-order valence-corrected chi connectivity index (χ2v) is 6.33. The van der Waals surface area contributed by atoms with Gasteiger partial charge in [-0.1, -0.05) is 12.1 Å². The summed E-state index contributed by atoms with van der Waals surface area (Å²) in [5.41, 5.74) is 1.79. The third-order valence-electron chi connectivity index (χ3n) is 4.79. The van der Waals surface area contributed by atoms with Crippen LogP contribution in [0.2, 0.25) is 0 Å². The van der Waals surface area contributed by atoms with Crippen molar-refractivity contribution in [1.29, 1.82) is 0 Å². The van der Waals surface area contributed by atoms with Crippen molar-refractivity contribution in [2.75, 3.05) is 18.6 Å². The fraction of sp³-hybridized carbons (Fsp3) is 0.200. The molecule has 0 spiro atoms. The van der Waals surface area contributed by atoms with Gasteiger partial charge in [0.05, 0.1) is 24.1 Å². The highest BCUT2D eigenvalue weighted by atomic mass is 19.1. The maximum Gasteiger partial charge on any atom is 0.336 e. The van der Waals surface area contributed by atoms with Crippen LogP contribution in [-0.2, 0) is 14.3 Å². The molecule has 2 heterocycles. The summed E-state index contributed by atoms with van der Waals surface area (Å²) >= 11 is 0. The number of carbonyl (C=O) groups is 2. The topological polar surface area (TPSA) is 76.1 Å². The molecule has 0 aromatic heterocycles. The Balaban J connectivity index is 1.83. The van der Waals surface area contributed by atoms with Crippen molar-refractivity contribution in [1.82, 2.24) is 0 Å². The van der Waals surface area contributed by atoms with Crippen LogP contribution in [0.1, 0.15) is 17.9 Å². The van der Waals surface area contributed by atoms with Crippen LogP contribution in [0, 0.1) is 5.82 Å². The summed E-state index contributed by atoms with van der Waals surface area (Å²) in [5, 5.41) is 9.80. The molecule has 1 atom stereocenters. The molecule has 0 fully saturated rings. The monoisotopic (exact) mass is 369 g/mol. The van der Waals surface area contributed by atoms with Crippen LogP contribution >= 0.6 is 0 Å². The van der Waals surface area contributed by atoms with Crippen molar-refractivity contribution >= 4 is 17.6 Å². The molecule has 0 saturated carbocycles. The summed E-state index contributed by atoms with van der Waals surface area (Å²) in [5.74, 6) is -1.56. The first-order valence-electron chi connectivity index (χ1n) is 8.35. The second-order valence-electron chi connectivity index (χ2n) is 6.33. The molecule has 138 valence electrons. The average molecular weight is 369 g/mol. The van der Waals surface area contributed by atoms with Crippen LogP contribution in [-0.4, -0.2) is 30.7 Å². The van der Waals surface area contributed by atoms with Crippen LogP contribution < -0.4 is 9.64 Å². The molecule has 0 aliphatic carbocycles. The lowest BCUT2D eigenvalue weighted by atomic mass is 9.84. The van der Waals surface area contributed by atoms with Gasteiger partial charge in [-0.25, -0.2) is 9.18 Å². The number of anilines is 1. The number of esters is 1. The lowest BCUT2D eigenvalue weighted by molar-refractivity contribution is -0.136. The Kier molecular flexibility index (Phi) is 4.07. The smallest absolute Gasteiger partial charge is 0.336 e. The summed E-state index contributed by atoms with van der Waals surface area (Å²) in [7, 11) is 1.42. The van der Waals surface area contributed by atoms with Gasteiger partial charge in [-0.15, -0.1) is 0 Å².